The van der Waals surface area contributed by atoms with Gasteiger partial charge < -0.3 is 10.5 Å². The van der Waals surface area contributed by atoms with Crippen LogP contribution in [-0.2, 0) is 6.42 Å². The van der Waals surface area contributed by atoms with Gasteiger partial charge in [-0.25, -0.2) is 0 Å². The minimum absolute atomic E-state index is 0.244. The standard InChI is InChI=1S/C17H15N3O/c1-11-7-13(10-19)8-12(2)17(11)21-15-3-4-16(20)14(9-15)5-6-18/h3-4,7-9H,5,20H2,1-2H3. The van der Waals surface area contributed by atoms with Gasteiger partial charge in [-0.2, -0.15) is 10.5 Å². The van der Waals surface area contributed by atoms with E-state index in [0.717, 1.165) is 22.4 Å². The molecule has 0 aliphatic carbocycles. The highest BCUT2D eigenvalue weighted by Crippen LogP contribution is 2.31. The van der Waals surface area contributed by atoms with E-state index in [0.29, 0.717) is 17.0 Å². The number of nitrogens with two attached hydrogens (primary N) is 1. The Kier molecular flexibility index (Phi) is 4.11. The van der Waals surface area contributed by atoms with Gasteiger partial charge in [0.1, 0.15) is 11.5 Å². The maximum absolute atomic E-state index is 8.96. The second-order valence-electron chi connectivity index (χ2n) is 4.85. The van der Waals surface area contributed by atoms with E-state index in [2.05, 4.69) is 12.1 Å². The van der Waals surface area contributed by atoms with Gasteiger partial charge in [0.2, 0.25) is 0 Å². The van der Waals surface area contributed by atoms with Gasteiger partial charge in [0.25, 0.3) is 0 Å². The van der Waals surface area contributed by atoms with Crippen LogP contribution in [-0.4, -0.2) is 0 Å². The van der Waals surface area contributed by atoms with E-state index in [-0.39, 0.29) is 6.42 Å². The number of nitrogens with zero attached hydrogens (tertiary/aromatic N) is 2. The molecule has 0 fully saturated rings. The second-order valence-corrected chi connectivity index (χ2v) is 4.85. The van der Waals surface area contributed by atoms with Crippen molar-refractivity contribution >= 4 is 5.69 Å². The number of nitrogen functional groups attached to an aromatic ring is 1. The maximum atomic E-state index is 8.96. The lowest BCUT2D eigenvalue weighted by molar-refractivity contribution is 0.474. The molecule has 0 aliphatic heterocycles. The molecule has 0 amide bonds. The summed E-state index contributed by atoms with van der Waals surface area (Å²) in [6.07, 6.45) is 0.244. The molecule has 0 saturated carbocycles. The summed E-state index contributed by atoms with van der Waals surface area (Å²) < 4.78 is 5.91. The molecule has 0 heterocycles. The highest BCUT2D eigenvalue weighted by atomic mass is 16.5. The van der Waals surface area contributed by atoms with E-state index in [4.69, 9.17) is 21.0 Å². The lowest BCUT2D eigenvalue weighted by Gasteiger charge is -2.13. The van der Waals surface area contributed by atoms with E-state index >= 15 is 0 Å². The van der Waals surface area contributed by atoms with Crippen LogP contribution in [0, 0.1) is 36.5 Å². The Morgan fingerprint density at radius 1 is 1.10 bits per heavy atom. The highest BCUT2D eigenvalue weighted by molar-refractivity contribution is 5.54. The van der Waals surface area contributed by atoms with Crippen molar-refractivity contribution in [2.24, 2.45) is 0 Å². The monoisotopic (exact) mass is 277 g/mol. The van der Waals surface area contributed by atoms with Gasteiger partial charge in [0.15, 0.2) is 0 Å². The average Bonchev–Trinajstić information content (AvgIpc) is 2.46. The van der Waals surface area contributed by atoms with Crippen LogP contribution in [0.2, 0.25) is 0 Å². The molecule has 4 nitrogen and oxygen atoms in total. The van der Waals surface area contributed by atoms with Crippen molar-refractivity contribution in [2.75, 3.05) is 5.73 Å². The molecule has 0 atom stereocenters. The molecular weight excluding hydrogens is 262 g/mol. The predicted octanol–water partition coefficient (Wildman–Crippen LogP) is 3.62. The van der Waals surface area contributed by atoms with Crippen molar-refractivity contribution < 1.29 is 4.74 Å². The van der Waals surface area contributed by atoms with Crippen molar-refractivity contribution in [1.29, 1.82) is 10.5 Å². The normalized spacial score (nSPS) is 9.71. The maximum Gasteiger partial charge on any atom is 0.133 e. The highest BCUT2D eigenvalue weighted by Gasteiger charge is 2.09. The molecular formula is C17H15N3O. The summed E-state index contributed by atoms with van der Waals surface area (Å²) in [5.74, 6) is 1.35. The minimum atomic E-state index is 0.244. The molecule has 2 N–H and O–H groups in total. The lowest BCUT2D eigenvalue weighted by Crippen LogP contribution is -1.96. The number of aryl methyl sites for hydroxylation is 2. The number of nitriles is 2. The number of benzene rings is 2. The van der Waals surface area contributed by atoms with Crippen LogP contribution < -0.4 is 10.5 Å². The van der Waals surface area contributed by atoms with Crippen molar-refractivity contribution in [3.63, 3.8) is 0 Å². The van der Waals surface area contributed by atoms with Crippen molar-refractivity contribution in [1.82, 2.24) is 0 Å². The van der Waals surface area contributed by atoms with Crippen molar-refractivity contribution in [3.8, 4) is 23.6 Å². The third-order valence-electron chi connectivity index (χ3n) is 3.19. The van der Waals surface area contributed by atoms with E-state index in [1.165, 1.54) is 0 Å². The third-order valence-corrected chi connectivity index (χ3v) is 3.19. The summed E-state index contributed by atoms with van der Waals surface area (Å²) in [5, 5.41) is 17.8. The van der Waals surface area contributed by atoms with Gasteiger partial charge in [0.05, 0.1) is 24.1 Å². The molecule has 104 valence electrons. The number of ether oxygens (including phenoxy) is 1. The van der Waals surface area contributed by atoms with Crippen LogP contribution in [0.15, 0.2) is 30.3 Å². The Morgan fingerprint density at radius 2 is 1.76 bits per heavy atom. The van der Waals surface area contributed by atoms with Gasteiger partial charge in [-0.1, -0.05) is 0 Å². The first-order chi connectivity index (χ1) is 10.0. The number of rotatable bonds is 3. The van der Waals surface area contributed by atoms with Crippen molar-refractivity contribution in [2.45, 2.75) is 20.3 Å². The molecule has 0 radical (unpaired) electrons. The number of hydrogen-bond donors (Lipinski definition) is 1. The molecule has 0 aromatic heterocycles. The second kappa shape index (κ2) is 5.98. The van der Waals surface area contributed by atoms with E-state index in [1.807, 2.05) is 13.8 Å². The first-order valence-electron chi connectivity index (χ1n) is 6.49. The molecule has 0 bridgehead atoms. The number of anilines is 1. The molecule has 0 unspecified atom stereocenters. The quantitative estimate of drug-likeness (QED) is 0.868. The Bertz CT molecular complexity index is 744. The van der Waals surface area contributed by atoms with Crippen LogP contribution in [0.3, 0.4) is 0 Å². The first kappa shape index (κ1) is 14.4. The molecule has 2 aromatic rings. The zero-order valence-corrected chi connectivity index (χ0v) is 12.0. The van der Waals surface area contributed by atoms with Crippen LogP contribution >= 0.6 is 0 Å². The molecule has 0 aliphatic rings. The van der Waals surface area contributed by atoms with E-state index in [1.54, 1.807) is 30.3 Å². The zero-order valence-electron chi connectivity index (χ0n) is 12.0. The molecule has 0 saturated heterocycles. The summed E-state index contributed by atoms with van der Waals surface area (Å²) in [6.45, 7) is 3.80. The lowest BCUT2D eigenvalue weighted by atomic mass is 10.1. The molecule has 0 spiro atoms. The Labute approximate surface area is 124 Å². The molecule has 21 heavy (non-hydrogen) atoms. The van der Waals surface area contributed by atoms with Gasteiger partial charge >= 0.3 is 0 Å². The van der Waals surface area contributed by atoms with Gasteiger partial charge in [-0.05, 0) is 60.9 Å². The molecule has 4 heteroatoms. The van der Waals surface area contributed by atoms with E-state index < -0.39 is 0 Å². The fourth-order valence-corrected chi connectivity index (χ4v) is 2.18. The Hall–Kier alpha value is -2.98. The van der Waals surface area contributed by atoms with Gasteiger partial charge in [-0.3, -0.25) is 0 Å². The summed E-state index contributed by atoms with van der Waals surface area (Å²) >= 11 is 0. The van der Waals surface area contributed by atoms with Crippen LogP contribution in [0.1, 0.15) is 22.3 Å². The summed E-state index contributed by atoms with van der Waals surface area (Å²) in [4.78, 5) is 0. The van der Waals surface area contributed by atoms with Crippen LogP contribution in [0.4, 0.5) is 5.69 Å². The van der Waals surface area contributed by atoms with Crippen LogP contribution in [0.25, 0.3) is 0 Å². The smallest absolute Gasteiger partial charge is 0.133 e. The fourth-order valence-electron chi connectivity index (χ4n) is 2.18. The fraction of sp³-hybridized carbons (Fsp3) is 0.176. The minimum Gasteiger partial charge on any atom is -0.457 e. The first-order valence-corrected chi connectivity index (χ1v) is 6.49. The average molecular weight is 277 g/mol. The SMILES string of the molecule is Cc1cc(C#N)cc(C)c1Oc1ccc(N)c(CC#N)c1. The zero-order chi connectivity index (χ0) is 15.4. The molecule has 2 rings (SSSR count). The van der Waals surface area contributed by atoms with E-state index in [9.17, 15) is 0 Å². The summed E-state index contributed by atoms with van der Waals surface area (Å²) in [5.41, 5.74) is 9.55. The van der Waals surface area contributed by atoms with Gasteiger partial charge in [-0.15, -0.1) is 0 Å². The third kappa shape index (κ3) is 3.13. The Morgan fingerprint density at radius 3 is 2.33 bits per heavy atom. The number of hydrogen-bond acceptors (Lipinski definition) is 4. The van der Waals surface area contributed by atoms with Crippen molar-refractivity contribution in [3.05, 3.63) is 52.6 Å². The topological polar surface area (TPSA) is 82.8 Å². The van der Waals surface area contributed by atoms with Gasteiger partial charge in [0, 0.05) is 5.69 Å². The Balaban J connectivity index is 2.37. The largest absolute Gasteiger partial charge is 0.457 e. The summed E-state index contributed by atoms with van der Waals surface area (Å²) in [6, 6.07) is 13.1. The van der Waals surface area contributed by atoms with Crippen LogP contribution in [0.5, 0.6) is 11.5 Å². The predicted molar refractivity (Wildman–Crippen MR) is 80.9 cm³/mol. The summed E-state index contributed by atoms with van der Waals surface area (Å²) in [7, 11) is 0. The molecule has 2 aromatic carbocycles.